The largest absolute Gasteiger partial charge is 0.416 e. The number of aryl methyl sites for hydroxylation is 1. The van der Waals surface area contributed by atoms with Crippen LogP contribution in [0, 0.1) is 24.0 Å². The first-order chi connectivity index (χ1) is 11.4. The molecule has 0 aliphatic heterocycles. The zero-order chi connectivity index (χ0) is 19.0. The summed E-state index contributed by atoms with van der Waals surface area (Å²) in [7, 11) is -4.21. The molecule has 0 saturated heterocycles. The summed E-state index contributed by atoms with van der Waals surface area (Å²) in [6.07, 6.45) is -4.54. The Balaban J connectivity index is 2.41. The summed E-state index contributed by atoms with van der Waals surface area (Å²) in [5, 5.41) is 10.9. The molecular formula is C15H13F3N2O4S. The van der Waals surface area contributed by atoms with E-state index < -0.39 is 32.4 Å². The van der Waals surface area contributed by atoms with E-state index in [2.05, 4.69) is 4.72 Å². The molecule has 0 aromatic heterocycles. The molecule has 0 radical (unpaired) electrons. The van der Waals surface area contributed by atoms with Gasteiger partial charge in [-0.2, -0.15) is 13.2 Å². The zero-order valence-electron chi connectivity index (χ0n) is 13.1. The van der Waals surface area contributed by atoms with Gasteiger partial charge in [0.1, 0.15) is 0 Å². The molecule has 10 heteroatoms. The van der Waals surface area contributed by atoms with Gasteiger partial charge in [-0.25, -0.2) is 8.42 Å². The van der Waals surface area contributed by atoms with Crippen LogP contribution in [0.2, 0.25) is 0 Å². The summed E-state index contributed by atoms with van der Waals surface area (Å²) < 4.78 is 64.7. The topological polar surface area (TPSA) is 89.3 Å². The minimum Gasteiger partial charge on any atom is -0.280 e. The number of halogens is 3. The average molecular weight is 374 g/mol. The van der Waals surface area contributed by atoms with Crippen molar-refractivity contribution in [2.75, 3.05) is 4.72 Å². The van der Waals surface area contributed by atoms with Gasteiger partial charge >= 0.3 is 6.18 Å². The molecular weight excluding hydrogens is 361 g/mol. The quantitative estimate of drug-likeness (QED) is 0.646. The van der Waals surface area contributed by atoms with Crippen LogP contribution in [0.25, 0.3) is 0 Å². The molecule has 2 aromatic rings. The summed E-state index contributed by atoms with van der Waals surface area (Å²) in [5.74, 6) is 0. The predicted molar refractivity (Wildman–Crippen MR) is 84.8 cm³/mol. The number of non-ortho nitro benzene ring substituents is 1. The van der Waals surface area contributed by atoms with Crippen LogP contribution < -0.4 is 4.72 Å². The van der Waals surface area contributed by atoms with Crippen LogP contribution in [-0.2, 0) is 16.2 Å². The van der Waals surface area contributed by atoms with Crippen molar-refractivity contribution in [3.63, 3.8) is 0 Å². The smallest absolute Gasteiger partial charge is 0.280 e. The summed E-state index contributed by atoms with van der Waals surface area (Å²) in [6.45, 7) is 3.01. The molecule has 0 atom stereocenters. The third-order valence-corrected chi connectivity index (χ3v) is 5.08. The SMILES string of the molecule is Cc1cc([N+](=O)[O-])cc(S(=O)(=O)Nc2ccc(C(F)(F)F)cc2)c1C. The number of hydrogen-bond acceptors (Lipinski definition) is 4. The fourth-order valence-corrected chi connectivity index (χ4v) is 3.53. The van der Waals surface area contributed by atoms with Crippen molar-refractivity contribution >= 4 is 21.4 Å². The number of hydrogen-bond donors (Lipinski definition) is 1. The van der Waals surface area contributed by atoms with Gasteiger partial charge in [0.2, 0.25) is 0 Å². The second-order valence-corrected chi connectivity index (χ2v) is 6.97. The third-order valence-electron chi connectivity index (χ3n) is 3.57. The Labute approximate surface area is 141 Å². The van der Waals surface area contributed by atoms with Gasteiger partial charge in [-0.1, -0.05) is 0 Å². The number of sulfonamides is 1. The minimum absolute atomic E-state index is 0.0865. The number of anilines is 1. The van der Waals surface area contributed by atoms with Crippen molar-refractivity contribution in [1.29, 1.82) is 0 Å². The highest BCUT2D eigenvalue weighted by Gasteiger charge is 2.30. The van der Waals surface area contributed by atoms with E-state index >= 15 is 0 Å². The number of benzene rings is 2. The van der Waals surface area contributed by atoms with Crippen molar-refractivity contribution < 1.29 is 26.5 Å². The van der Waals surface area contributed by atoms with E-state index in [-0.39, 0.29) is 10.6 Å². The molecule has 2 rings (SSSR count). The minimum atomic E-state index is -4.54. The third kappa shape index (κ3) is 4.08. The van der Waals surface area contributed by atoms with E-state index in [4.69, 9.17) is 0 Å². The highest BCUT2D eigenvalue weighted by Crippen LogP contribution is 2.31. The van der Waals surface area contributed by atoms with E-state index in [9.17, 15) is 31.7 Å². The highest BCUT2D eigenvalue weighted by molar-refractivity contribution is 7.92. The van der Waals surface area contributed by atoms with Gasteiger partial charge in [0.15, 0.2) is 0 Å². The van der Waals surface area contributed by atoms with E-state index in [1.807, 2.05) is 0 Å². The number of nitrogens with zero attached hydrogens (tertiary/aromatic N) is 1. The first kappa shape index (κ1) is 18.7. The van der Waals surface area contributed by atoms with Gasteiger partial charge in [0.25, 0.3) is 15.7 Å². The summed E-state index contributed by atoms with van der Waals surface area (Å²) in [5.41, 5.74) is -0.683. The summed E-state index contributed by atoms with van der Waals surface area (Å²) in [6, 6.07) is 5.58. The molecule has 0 saturated carbocycles. The first-order valence-corrected chi connectivity index (χ1v) is 8.36. The number of nitro benzene ring substituents is 1. The van der Waals surface area contributed by atoms with Crippen molar-refractivity contribution in [3.8, 4) is 0 Å². The Morgan fingerprint density at radius 2 is 1.64 bits per heavy atom. The number of nitro groups is 1. The fourth-order valence-electron chi connectivity index (χ4n) is 2.13. The fraction of sp³-hybridized carbons (Fsp3) is 0.200. The summed E-state index contributed by atoms with van der Waals surface area (Å²) >= 11 is 0. The maximum absolute atomic E-state index is 12.5. The van der Waals surface area contributed by atoms with Crippen LogP contribution in [-0.4, -0.2) is 13.3 Å². The first-order valence-electron chi connectivity index (χ1n) is 6.87. The molecule has 0 unspecified atom stereocenters. The van der Waals surface area contributed by atoms with E-state index in [1.54, 1.807) is 0 Å². The van der Waals surface area contributed by atoms with Gasteiger partial charge < -0.3 is 0 Å². The van der Waals surface area contributed by atoms with Crippen LogP contribution in [0.5, 0.6) is 0 Å². The number of rotatable bonds is 4. The maximum atomic E-state index is 12.5. The lowest BCUT2D eigenvalue weighted by molar-refractivity contribution is -0.385. The number of nitrogens with one attached hydrogen (secondary N) is 1. The van der Waals surface area contributed by atoms with E-state index in [0.717, 1.165) is 30.3 Å². The van der Waals surface area contributed by atoms with Crippen molar-refractivity contribution in [2.24, 2.45) is 0 Å². The molecule has 1 N–H and O–H groups in total. The van der Waals surface area contributed by atoms with Gasteiger partial charge in [0.05, 0.1) is 15.4 Å². The molecule has 0 spiro atoms. The normalized spacial score (nSPS) is 12.0. The van der Waals surface area contributed by atoms with Crippen LogP contribution in [0.4, 0.5) is 24.5 Å². The van der Waals surface area contributed by atoms with Crippen LogP contribution in [0.1, 0.15) is 16.7 Å². The van der Waals surface area contributed by atoms with E-state index in [1.165, 1.54) is 19.9 Å². The Hall–Kier alpha value is -2.62. The second-order valence-electron chi connectivity index (χ2n) is 5.32. The van der Waals surface area contributed by atoms with Crippen molar-refractivity contribution in [3.05, 3.63) is 63.2 Å². The highest BCUT2D eigenvalue weighted by atomic mass is 32.2. The maximum Gasteiger partial charge on any atom is 0.416 e. The average Bonchev–Trinajstić information content (AvgIpc) is 2.48. The lowest BCUT2D eigenvalue weighted by Gasteiger charge is -2.13. The number of alkyl halides is 3. The Bertz CT molecular complexity index is 923. The van der Waals surface area contributed by atoms with Crippen molar-refractivity contribution in [1.82, 2.24) is 0 Å². The molecule has 134 valence electrons. The molecule has 0 aliphatic carbocycles. The van der Waals surface area contributed by atoms with Crippen LogP contribution in [0.15, 0.2) is 41.3 Å². The standard InChI is InChI=1S/C15H13F3N2O4S/c1-9-7-13(20(21)22)8-14(10(9)2)25(23,24)19-12-5-3-11(4-6-12)15(16,17)18/h3-8,19H,1-2H3. The van der Waals surface area contributed by atoms with E-state index in [0.29, 0.717) is 11.1 Å². The monoisotopic (exact) mass is 374 g/mol. The predicted octanol–water partition coefficient (Wildman–Crippen LogP) is 4.03. The second kappa shape index (κ2) is 6.36. The van der Waals surface area contributed by atoms with Gasteiger partial charge in [-0.15, -0.1) is 0 Å². The molecule has 0 amide bonds. The van der Waals surface area contributed by atoms with Gasteiger partial charge in [0, 0.05) is 17.8 Å². The Morgan fingerprint density at radius 1 is 1.08 bits per heavy atom. The zero-order valence-corrected chi connectivity index (χ0v) is 13.9. The molecule has 0 bridgehead atoms. The molecule has 0 heterocycles. The van der Waals surface area contributed by atoms with Gasteiger partial charge in [-0.05, 0) is 49.2 Å². The molecule has 0 fully saturated rings. The van der Waals surface area contributed by atoms with Crippen molar-refractivity contribution in [2.45, 2.75) is 24.9 Å². The molecule has 2 aromatic carbocycles. The van der Waals surface area contributed by atoms with Crippen LogP contribution in [0.3, 0.4) is 0 Å². The molecule has 25 heavy (non-hydrogen) atoms. The molecule has 0 aliphatic rings. The lowest BCUT2D eigenvalue weighted by atomic mass is 10.1. The molecule has 6 nitrogen and oxygen atoms in total. The Kier molecular flexibility index (Phi) is 4.76. The summed E-state index contributed by atoms with van der Waals surface area (Å²) in [4.78, 5) is 9.89. The van der Waals surface area contributed by atoms with Crippen LogP contribution >= 0.6 is 0 Å². The Morgan fingerprint density at radius 3 is 2.12 bits per heavy atom. The lowest BCUT2D eigenvalue weighted by Crippen LogP contribution is -2.15. The van der Waals surface area contributed by atoms with Gasteiger partial charge in [-0.3, -0.25) is 14.8 Å².